The summed E-state index contributed by atoms with van der Waals surface area (Å²) in [6.45, 7) is 5.29. The Balaban J connectivity index is 1.95. The van der Waals surface area contributed by atoms with Gasteiger partial charge in [0.2, 0.25) is 0 Å². The summed E-state index contributed by atoms with van der Waals surface area (Å²) < 4.78 is 11.5. The Bertz CT molecular complexity index is 759. The molecule has 124 valence electrons. The Hall–Kier alpha value is -2.57. The number of nitrogens with one attached hydrogen (secondary N) is 1. The molecule has 0 spiro atoms. The second-order valence-electron chi connectivity index (χ2n) is 5.53. The molecule has 7 nitrogen and oxygen atoms in total. The second kappa shape index (κ2) is 7.13. The van der Waals surface area contributed by atoms with Gasteiger partial charge >= 0.3 is 11.7 Å². The van der Waals surface area contributed by atoms with Crippen molar-refractivity contribution in [3.05, 3.63) is 34.8 Å². The van der Waals surface area contributed by atoms with Crippen LogP contribution in [0.2, 0.25) is 0 Å². The minimum absolute atomic E-state index is 0.0251. The highest BCUT2D eigenvalue weighted by atomic mass is 16.5. The van der Waals surface area contributed by atoms with Gasteiger partial charge in [0, 0.05) is 12.6 Å². The summed E-state index contributed by atoms with van der Waals surface area (Å²) in [5, 5.41) is 2.66. The molecule has 23 heavy (non-hydrogen) atoms. The number of aryl methyl sites for hydroxylation is 1. The topological polar surface area (TPSA) is 90.5 Å². The third kappa shape index (κ3) is 4.21. The van der Waals surface area contributed by atoms with Gasteiger partial charge in [-0.2, -0.15) is 0 Å². The van der Waals surface area contributed by atoms with Gasteiger partial charge in [0.25, 0.3) is 5.91 Å². The van der Waals surface area contributed by atoms with E-state index in [4.69, 9.17) is 9.15 Å². The number of hydrogen-bond donors (Lipinski definition) is 1. The van der Waals surface area contributed by atoms with Crippen LogP contribution in [0.4, 0.5) is 0 Å². The lowest BCUT2D eigenvalue weighted by atomic mass is 10.3. The van der Waals surface area contributed by atoms with E-state index in [0.29, 0.717) is 11.1 Å². The summed E-state index contributed by atoms with van der Waals surface area (Å²) in [4.78, 5) is 35.3. The first-order valence-corrected chi connectivity index (χ1v) is 7.46. The largest absolute Gasteiger partial charge is 0.452 e. The third-order valence-corrected chi connectivity index (χ3v) is 3.22. The van der Waals surface area contributed by atoms with Crippen molar-refractivity contribution < 1.29 is 18.7 Å². The van der Waals surface area contributed by atoms with E-state index in [2.05, 4.69) is 5.32 Å². The number of fused-ring (bicyclic) bond motifs is 1. The lowest BCUT2D eigenvalue weighted by Crippen LogP contribution is -2.39. The maximum absolute atomic E-state index is 11.8. The number of hydrogen-bond acceptors (Lipinski definition) is 5. The highest BCUT2D eigenvalue weighted by molar-refractivity contribution is 5.83. The molecule has 1 aromatic carbocycles. The summed E-state index contributed by atoms with van der Waals surface area (Å²) in [5.41, 5.74) is 1.09. The van der Waals surface area contributed by atoms with E-state index in [1.54, 1.807) is 24.3 Å². The standard InChI is InChI=1S/C16H20N2O5/c1-10(2)17-15(20)11(3)22-14(19)8-9-18-12-6-4-5-7-13(12)23-16(18)21/h4-7,10-11H,8-9H2,1-3H3,(H,17,20)/t11-/m0/s1. The third-order valence-electron chi connectivity index (χ3n) is 3.22. The van der Waals surface area contributed by atoms with Gasteiger partial charge in [0.15, 0.2) is 11.7 Å². The summed E-state index contributed by atoms with van der Waals surface area (Å²) in [7, 11) is 0. The second-order valence-corrected chi connectivity index (χ2v) is 5.53. The number of rotatable bonds is 6. The van der Waals surface area contributed by atoms with Crippen LogP contribution >= 0.6 is 0 Å². The smallest absolute Gasteiger partial charge is 0.419 e. The summed E-state index contributed by atoms with van der Waals surface area (Å²) in [6.07, 6.45) is -0.898. The number of para-hydroxylation sites is 2. The SMILES string of the molecule is CC(C)NC(=O)[C@H](C)OC(=O)CCn1c(=O)oc2ccccc21. The maximum Gasteiger partial charge on any atom is 0.419 e. The molecular formula is C16H20N2O5. The molecule has 1 amide bonds. The predicted octanol–water partition coefficient (Wildman–Crippen LogP) is 1.44. The van der Waals surface area contributed by atoms with Crippen molar-refractivity contribution in [2.45, 2.75) is 45.9 Å². The van der Waals surface area contributed by atoms with E-state index in [1.165, 1.54) is 11.5 Å². The zero-order valence-corrected chi connectivity index (χ0v) is 13.4. The summed E-state index contributed by atoms with van der Waals surface area (Å²) >= 11 is 0. The van der Waals surface area contributed by atoms with Crippen LogP contribution in [0.25, 0.3) is 11.1 Å². The average molecular weight is 320 g/mol. The van der Waals surface area contributed by atoms with E-state index in [9.17, 15) is 14.4 Å². The molecule has 1 atom stereocenters. The molecule has 0 saturated heterocycles. The van der Waals surface area contributed by atoms with Crippen molar-refractivity contribution in [2.75, 3.05) is 0 Å². The van der Waals surface area contributed by atoms with Crippen molar-refractivity contribution >= 4 is 23.0 Å². The first-order valence-electron chi connectivity index (χ1n) is 7.46. The molecule has 1 heterocycles. The van der Waals surface area contributed by atoms with E-state index >= 15 is 0 Å². The van der Waals surface area contributed by atoms with Gasteiger partial charge in [-0.15, -0.1) is 0 Å². The highest BCUT2D eigenvalue weighted by Gasteiger charge is 2.19. The van der Waals surface area contributed by atoms with E-state index in [1.807, 2.05) is 13.8 Å². The fraction of sp³-hybridized carbons (Fsp3) is 0.438. The minimum atomic E-state index is -0.872. The first kappa shape index (κ1) is 16.8. The number of aromatic nitrogens is 1. The van der Waals surface area contributed by atoms with Gasteiger partial charge in [-0.05, 0) is 32.9 Å². The predicted molar refractivity (Wildman–Crippen MR) is 83.9 cm³/mol. The van der Waals surface area contributed by atoms with Crippen LogP contribution in [-0.4, -0.2) is 28.6 Å². The van der Waals surface area contributed by atoms with Crippen LogP contribution in [0.15, 0.2) is 33.5 Å². The fourth-order valence-corrected chi connectivity index (χ4v) is 2.14. The Morgan fingerprint density at radius 3 is 2.65 bits per heavy atom. The Morgan fingerprint density at radius 2 is 1.96 bits per heavy atom. The molecule has 0 aliphatic heterocycles. The quantitative estimate of drug-likeness (QED) is 0.813. The molecule has 1 aromatic heterocycles. The first-order chi connectivity index (χ1) is 10.9. The monoisotopic (exact) mass is 320 g/mol. The number of ether oxygens (including phenoxy) is 1. The summed E-state index contributed by atoms with van der Waals surface area (Å²) in [5.74, 6) is -1.42. The van der Waals surface area contributed by atoms with Gasteiger partial charge in [-0.1, -0.05) is 12.1 Å². The highest BCUT2D eigenvalue weighted by Crippen LogP contribution is 2.12. The van der Waals surface area contributed by atoms with Crippen LogP contribution in [0.1, 0.15) is 27.2 Å². The van der Waals surface area contributed by atoms with E-state index < -0.39 is 17.8 Å². The Labute approximate surface area is 133 Å². The van der Waals surface area contributed by atoms with Crippen LogP contribution in [-0.2, 0) is 20.9 Å². The molecule has 1 N–H and O–H groups in total. The molecule has 0 unspecified atom stereocenters. The fourth-order valence-electron chi connectivity index (χ4n) is 2.14. The molecule has 0 aliphatic carbocycles. The number of carbonyl (C=O) groups is 2. The Kier molecular flexibility index (Phi) is 5.20. The average Bonchev–Trinajstić information content (AvgIpc) is 2.79. The van der Waals surface area contributed by atoms with Crippen LogP contribution in [0, 0.1) is 0 Å². The van der Waals surface area contributed by atoms with Crippen molar-refractivity contribution in [3.63, 3.8) is 0 Å². The van der Waals surface area contributed by atoms with Gasteiger partial charge in [0.1, 0.15) is 0 Å². The summed E-state index contributed by atoms with van der Waals surface area (Å²) in [6, 6.07) is 6.94. The molecule has 0 aliphatic rings. The molecular weight excluding hydrogens is 300 g/mol. The van der Waals surface area contributed by atoms with Crippen molar-refractivity contribution in [3.8, 4) is 0 Å². The van der Waals surface area contributed by atoms with Gasteiger partial charge in [0.05, 0.1) is 11.9 Å². The number of benzene rings is 1. The van der Waals surface area contributed by atoms with Crippen molar-refractivity contribution in [1.82, 2.24) is 9.88 Å². The number of oxazole rings is 1. The maximum atomic E-state index is 11.8. The van der Waals surface area contributed by atoms with Gasteiger partial charge < -0.3 is 14.5 Å². The number of esters is 1. The van der Waals surface area contributed by atoms with Crippen molar-refractivity contribution in [2.24, 2.45) is 0 Å². The molecule has 7 heteroatoms. The van der Waals surface area contributed by atoms with Crippen LogP contribution in [0.3, 0.4) is 0 Å². The molecule has 0 radical (unpaired) electrons. The normalized spacial score (nSPS) is 12.3. The van der Waals surface area contributed by atoms with Crippen molar-refractivity contribution in [1.29, 1.82) is 0 Å². The van der Waals surface area contributed by atoms with Crippen LogP contribution < -0.4 is 11.1 Å². The number of carbonyl (C=O) groups excluding carboxylic acids is 2. The van der Waals surface area contributed by atoms with E-state index in [-0.39, 0.29) is 24.9 Å². The van der Waals surface area contributed by atoms with Gasteiger partial charge in [-0.25, -0.2) is 4.79 Å². The minimum Gasteiger partial charge on any atom is -0.452 e. The lowest BCUT2D eigenvalue weighted by Gasteiger charge is -2.15. The zero-order chi connectivity index (χ0) is 17.0. The number of amides is 1. The van der Waals surface area contributed by atoms with Crippen LogP contribution in [0.5, 0.6) is 0 Å². The molecule has 0 saturated carbocycles. The molecule has 2 rings (SSSR count). The van der Waals surface area contributed by atoms with Gasteiger partial charge in [-0.3, -0.25) is 14.2 Å². The molecule has 2 aromatic rings. The molecule has 0 bridgehead atoms. The Morgan fingerprint density at radius 1 is 1.26 bits per heavy atom. The molecule has 0 fully saturated rings. The number of nitrogens with zero attached hydrogens (tertiary/aromatic N) is 1. The zero-order valence-electron chi connectivity index (χ0n) is 13.4. The lowest BCUT2D eigenvalue weighted by molar-refractivity contribution is -0.155. The van der Waals surface area contributed by atoms with E-state index in [0.717, 1.165) is 0 Å².